The van der Waals surface area contributed by atoms with Crippen LogP contribution in [-0.2, 0) is 53.4 Å². The van der Waals surface area contributed by atoms with E-state index in [9.17, 15) is 24.2 Å². The lowest BCUT2D eigenvalue weighted by Crippen LogP contribution is -2.47. The summed E-state index contributed by atoms with van der Waals surface area (Å²) in [5, 5.41) is 17.9. The van der Waals surface area contributed by atoms with Crippen molar-refractivity contribution in [3.63, 3.8) is 0 Å². The van der Waals surface area contributed by atoms with Gasteiger partial charge >= 0.3 is 25.7 Å². The zero-order valence-corrected chi connectivity index (χ0v) is 35.6. The summed E-state index contributed by atoms with van der Waals surface area (Å²) in [7, 11) is -4.53. The van der Waals surface area contributed by atoms with Gasteiger partial charge in [-0.2, -0.15) is 15.4 Å². The van der Waals surface area contributed by atoms with Crippen LogP contribution in [-0.4, -0.2) is 70.1 Å². The summed E-state index contributed by atoms with van der Waals surface area (Å²) in [6, 6.07) is 10.9. The van der Waals surface area contributed by atoms with Crippen LogP contribution >= 0.6 is 7.75 Å². The number of nitrogen functional groups attached to an aromatic ring is 1. The first-order chi connectivity index (χ1) is 26.6. The summed E-state index contributed by atoms with van der Waals surface area (Å²) in [4.78, 5) is 43.7. The number of aromatic nitrogens is 3. The molecule has 0 radical (unpaired) electrons. The minimum Gasteiger partial charge on any atom is -0.465 e. The Morgan fingerprint density at radius 2 is 1.63 bits per heavy atom. The topological polar surface area (TPSA) is 216 Å². The fourth-order valence-electron chi connectivity index (χ4n) is 5.77. The van der Waals surface area contributed by atoms with Crippen molar-refractivity contribution in [3.8, 4) is 11.8 Å². The van der Waals surface area contributed by atoms with Crippen LogP contribution in [0.15, 0.2) is 42.7 Å². The number of rotatable bonds is 17. The Labute approximate surface area is 334 Å². The third kappa shape index (κ3) is 10.7. The SMILES string of the molecule is CCC(C)(C)CCOC(=O)[C@H](C)NP(=O)(OC[C@H]1O[C@@](C#N)(c2ccc3c(N)ncnn23)[C@H](OC(=O)C(C)C)[C@@H]1OC(=O)C(C)C)Oc1ccc(C(C)(C)C)cc1. The molecule has 0 bridgehead atoms. The second-order valence-corrected chi connectivity index (χ2v) is 18.4. The molecule has 57 heavy (non-hydrogen) atoms. The Balaban J connectivity index is 1.75. The maximum Gasteiger partial charge on any atom is 0.459 e. The number of nitrogens with zero attached hydrogens (tertiary/aromatic N) is 4. The van der Waals surface area contributed by atoms with Crippen LogP contribution in [0.3, 0.4) is 0 Å². The lowest BCUT2D eigenvalue weighted by molar-refractivity contribution is -0.173. The van der Waals surface area contributed by atoms with E-state index in [0.717, 1.165) is 12.0 Å². The molecule has 1 saturated heterocycles. The molecule has 1 fully saturated rings. The quantitative estimate of drug-likeness (QED) is 0.0855. The molecule has 3 heterocycles. The fourth-order valence-corrected chi connectivity index (χ4v) is 7.27. The van der Waals surface area contributed by atoms with Crippen molar-refractivity contribution < 1.29 is 46.9 Å². The third-order valence-corrected chi connectivity index (χ3v) is 11.6. The monoisotopic (exact) mass is 812 g/mol. The number of esters is 3. The number of nitriles is 1. The maximum absolute atomic E-state index is 14.8. The number of ether oxygens (including phenoxy) is 4. The van der Waals surface area contributed by atoms with Crippen molar-refractivity contribution in [2.75, 3.05) is 18.9 Å². The second kappa shape index (κ2) is 17.9. The van der Waals surface area contributed by atoms with Gasteiger partial charge in [0.1, 0.15) is 35.8 Å². The van der Waals surface area contributed by atoms with E-state index >= 15 is 0 Å². The molecule has 16 nitrogen and oxygen atoms in total. The molecule has 3 N–H and O–H groups in total. The molecular weight excluding hydrogens is 755 g/mol. The predicted octanol–water partition coefficient (Wildman–Crippen LogP) is 6.41. The van der Waals surface area contributed by atoms with E-state index in [1.54, 1.807) is 45.9 Å². The van der Waals surface area contributed by atoms with Crippen LogP contribution in [0.1, 0.15) is 100 Å². The highest BCUT2D eigenvalue weighted by atomic mass is 31.2. The van der Waals surface area contributed by atoms with Gasteiger partial charge in [0.25, 0.3) is 0 Å². The zero-order valence-electron chi connectivity index (χ0n) is 34.7. The van der Waals surface area contributed by atoms with Gasteiger partial charge in [-0.3, -0.25) is 18.9 Å². The second-order valence-electron chi connectivity index (χ2n) is 16.7. The number of hydrogen-bond donors (Lipinski definition) is 2. The van der Waals surface area contributed by atoms with Crippen LogP contribution in [0.5, 0.6) is 5.75 Å². The number of nitrogens with one attached hydrogen (secondary N) is 1. The van der Waals surface area contributed by atoms with Crippen molar-refractivity contribution >= 4 is 37.0 Å². The van der Waals surface area contributed by atoms with Crippen LogP contribution in [0.25, 0.3) is 5.52 Å². The minimum absolute atomic E-state index is 0.0543. The molecule has 17 heteroatoms. The summed E-state index contributed by atoms with van der Waals surface area (Å²) in [6.45, 7) is 19.7. The first-order valence-corrected chi connectivity index (χ1v) is 20.7. The molecule has 2 aromatic heterocycles. The average Bonchev–Trinajstić information content (AvgIpc) is 3.70. The average molecular weight is 813 g/mol. The number of nitrogens with two attached hydrogens (primary N) is 1. The zero-order chi connectivity index (χ0) is 42.5. The summed E-state index contributed by atoms with van der Waals surface area (Å²) in [5.41, 5.74) is 5.10. The lowest BCUT2D eigenvalue weighted by Gasteiger charge is -2.29. The summed E-state index contributed by atoms with van der Waals surface area (Å²) < 4.78 is 52.0. The van der Waals surface area contributed by atoms with Gasteiger partial charge in [-0.05, 0) is 54.0 Å². The Morgan fingerprint density at radius 3 is 2.21 bits per heavy atom. The van der Waals surface area contributed by atoms with Crippen LogP contribution in [0.2, 0.25) is 0 Å². The normalized spacial score (nSPS) is 21.5. The van der Waals surface area contributed by atoms with Crippen molar-refractivity contribution in [2.45, 2.75) is 124 Å². The number of carbonyl (C=O) groups excluding carboxylic acids is 3. The fraction of sp³-hybridized carbons (Fsp3) is 0.600. The van der Waals surface area contributed by atoms with E-state index < -0.39 is 74.1 Å². The molecule has 6 atom stereocenters. The number of fused-ring (bicyclic) bond motifs is 1. The van der Waals surface area contributed by atoms with Gasteiger partial charge in [-0.25, -0.2) is 14.1 Å². The molecule has 4 rings (SSSR count). The van der Waals surface area contributed by atoms with Gasteiger partial charge < -0.3 is 29.2 Å². The highest BCUT2D eigenvalue weighted by Crippen LogP contribution is 2.49. The van der Waals surface area contributed by atoms with Gasteiger partial charge in [0, 0.05) is 0 Å². The largest absolute Gasteiger partial charge is 0.465 e. The van der Waals surface area contributed by atoms with E-state index in [2.05, 4.69) is 42.0 Å². The molecule has 312 valence electrons. The molecule has 0 spiro atoms. The Kier molecular flexibility index (Phi) is 14.2. The summed E-state index contributed by atoms with van der Waals surface area (Å²) >= 11 is 0. The first-order valence-electron chi connectivity index (χ1n) is 19.1. The van der Waals surface area contributed by atoms with Gasteiger partial charge in [0.05, 0.1) is 30.7 Å². The van der Waals surface area contributed by atoms with E-state index in [4.69, 9.17) is 33.7 Å². The van der Waals surface area contributed by atoms with Crippen molar-refractivity contribution in [1.29, 1.82) is 5.26 Å². The van der Waals surface area contributed by atoms with Gasteiger partial charge in [-0.1, -0.05) is 87.8 Å². The van der Waals surface area contributed by atoms with Crippen molar-refractivity contribution in [3.05, 3.63) is 54.0 Å². The number of benzene rings is 1. The van der Waals surface area contributed by atoms with E-state index in [0.29, 0.717) is 11.9 Å². The Bertz CT molecular complexity index is 1990. The first kappa shape index (κ1) is 45.2. The molecule has 3 aromatic rings. The standard InChI is InChI=1S/C40H57N6O10P/c1-12-39(10,11)19-20-51-37(49)26(6)45-57(50,56-28-15-13-27(14-16-28)38(7,8)9)52-21-30-32(53-35(47)24(2)3)33(54-36(48)25(4)5)40(22-41,55-30)31-18-17-29-34(42)43-23-44-46(29)31/h13-18,23-26,30,32-33H,12,19-21H2,1-11H3,(H,45,50)(H2,42,43,44)/t26-,30+,32+,33+,40-,57?/m0/s1. The predicted molar refractivity (Wildman–Crippen MR) is 211 cm³/mol. The van der Waals surface area contributed by atoms with Crippen LogP contribution in [0.4, 0.5) is 5.82 Å². The summed E-state index contributed by atoms with van der Waals surface area (Å²) in [6.07, 6.45) is -1.78. The molecule has 1 unspecified atom stereocenters. The molecule has 0 amide bonds. The van der Waals surface area contributed by atoms with Gasteiger partial charge in [0.2, 0.25) is 5.60 Å². The van der Waals surface area contributed by atoms with Gasteiger partial charge in [-0.15, -0.1) is 0 Å². The number of anilines is 1. The smallest absolute Gasteiger partial charge is 0.459 e. The van der Waals surface area contributed by atoms with Crippen molar-refractivity contribution in [1.82, 2.24) is 19.7 Å². The summed E-state index contributed by atoms with van der Waals surface area (Å²) in [5.74, 6) is -3.14. The van der Waals surface area contributed by atoms with E-state index in [-0.39, 0.29) is 34.7 Å². The lowest BCUT2D eigenvalue weighted by atomic mass is 9.87. The minimum atomic E-state index is -4.53. The molecular formula is C40H57N6O10P. The molecule has 0 aliphatic carbocycles. The molecule has 1 aliphatic heterocycles. The maximum atomic E-state index is 14.8. The highest BCUT2D eigenvalue weighted by Gasteiger charge is 2.63. The van der Waals surface area contributed by atoms with Gasteiger partial charge in [0.15, 0.2) is 18.0 Å². The highest BCUT2D eigenvalue weighted by molar-refractivity contribution is 7.52. The number of hydrogen-bond acceptors (Lipinski definition) is 14. The van der Waals surface area contributed by atoms with E-state index in [1.807, 2.05) is 32.9 Å². The van der Waals surface area contributed by atoms with Crippen molar-refractivity contribution in [2.24, 2.45) is 17.3 Å². The van der Waals surface area contributed by atoms with E-state index in [1.165, 1.54) is 23.8 Å². The Morgan fingerprint density at radius 1 is 1.00 bits per heavy atom. The number of carbonyl (C=O) groups is 3. The Hall–Kier alpha value is -4.55. The molecule has 1 aliphatic rings. The molecule has 0 saturated carbocycles. The van der Waals surface area contributed by atoms with Crippen LogP contribution in [0, 0.1) is 28.6 Å². The third-order valence-electron chi connectivity index (χ3n) is 9.91. The van der Waals surface area contributed by atoms with Crippen LogP contribution < -0.4 is 15.3 Å². The molecule has 1 aromatic carbocycles.